The number of benzene rings is 1. The van der Waals surface area contributed by atoms with E-state index in [1.54, 1.807) is 0 Å². The van der Waals surface area contributed by atoms with Crippen molar-refractivity contribution in [3.05, 3.63) is 27.2 Å². The summed E-state index contributed by atoms with van der Waals surface area (Å²) in [7, 11) is 0. The van der Waals surface area contributed by atoms with E-state index in [4.69, 9.17) is 11.6 Å². The van der Waals surface area contributed by atoms with Gasteiger partial charge in [-0.05, 0) is 28.1 Å². The molecule has 14 heavy (non-hydrogen) atoms. The van der Waals surface area contributed by atoms with Gasteiger partial charge in [-0.2, -0.15) is 8.78 Å². The molecule has 0 fully saturated rings. The molecule has 0 amide bonds. The smallest absolute Gasteiger partial charge is 0.387 e. The summed E-state index contributed by atoms with van der Waals surface area (Å²) in [5.41, 5.74) is -0.0234. The summed E-state index contributed by atoms with van der Waals surface area (Å²) < 4.78 is 28.2. The summed E-state index contributed by atoms with van der Waals surface area (Å²) in [4.78, 5) is 10.5. The standard InChI is InChI=1S/C8H4BrClF2O2/c9-6-2-5(10)1-4(3-13)7(6)14-8(11)12/h1-3,8H. The van der Waals surface area contributed by atoms with Crippen LogP contribution >= 0.6 is 27.5 Å². The van der Waals surface area contributed by atoms with Crippen LogP contribution in [0.3, 0.4) is 0 Å². The Bertz CT molecular complexity index is 357. The number of hydrogen-bond donors (Lipinski definition) is 0. The molecule has 0 aromatic heterocycles. The molecule has 0 bridgehead atoms. The van der Waals surface area contributed by atoms with Gasteiger partial charge in [0.2, 0.25) is 0 Å². The predicted molar refractivity (Wildman–Crippen MR) is 51.2 cm³/mol. The lowest BCUT2D eigenvalue weighted by Crippen LogP contribution is -2.05. The zero-order valence-corrected chi connectivity index (χ0v) is 8.98. The number of alkyl halides is 2. The Labute approximate surface area is 91.9 Å². The van der Waals surface area contributed by atoms with Crippen molar-refractivity contribution in [1.29, 1.82) is 0 Å². The third-order valence-electron chi connectivity index (χ3n) is 1.37. The van der Waals surface area contributed by atoms with E-state index in [0.717, 1.165) is 0 Å². The molecule has 0 unspecified atom stereocenters. The third kappa shape index (κ3) is 2.65. The predicted octanol–water partition coefficient (Wildman–Crippen LogP) is 3.52. The van der Waals surface area contributed by atoms with Crippen LogP contribution < -0.4 is 4.74 Å². The number of ether oxygens (including phenoxy) is 1. The second-order valence-electron chi connectivity index (χ2n) is 2.30. The summed E-state index contributed by atoms with van der Waals surface area (Å²) in [5, 5.41) is 0.264. The molecule has 0 atom stereocenters. The number of carbonyl (C=O) groups excluding carboxylic acids is 1. The minimum Gasteiger partial charge on any atom is -0.433 e. The molecule has 76 valence electrons. The number of carbonyl (C=O) groups is 1. The number of hydrogen-bond acceptors (Lipinski definition) is 2. The molecule has 0 spiro atoms. The first-order valence-electron chi connectivity index (χ1n) is 3.43. The van der Waals surface area contributed by atoms with Crippen molar-refractivity contribution < 1.29 is 18.3 Å². The van der Waals surface area contributed by atoms with Crippen LogP contribution in [0.2, 0.25) is 5.02 Å². The van der Waals surface area contributed by atoms with E-state index in [0.29, 0.717) is 6.29 Å². The van der Waals surface area contributed by atoms with Crippen molar-refractivity contribution in [3.8, 4) is 5.75 Å². The number of rotatable bonds is 3. The lowest BCUT2D eigenvalue weighted by atomic mass is 10.2. The summed E-state index contributed by atoms with van der Waals surface area (Å²) in [6.45, 7) is -2.98. The van der Waals surface area contributed by atoms with Crippen LogP contribution in [0, 0.1) is 0 Å². The van der Waals surface area contributed by atoms with Crippen molar-refractivity contribution in [2.24, 2.45) is 0 Å². The van der Waals surface area contributed by atoms with Gasteiger partial charge in [-0.15, -0.1) is 0 Å². The Morgan fingerprint density at radius 2 is 2.14 bits per heavy atom. The monoisotopic (exact) mass is 284 g/mol. The zero-order valence-electron chi connectivity index (χ0n) is 6.64. The fourth-order valence-corrected chi connectivity index (χ4v) is 1.81. The van der Waals surface area contributed by atoms with Crippen molar-refractivity contribution in [2.45, 2.75) is 6.61 Å². The van der Waals surface area contributed by atoms with Gasteiger partial charge in [-0.3, -0.25) is 4.79 Å². The molecule has 1 aromatic rings. The molecule has 0 saturated heterocycles. The van der Waals surface area contributed by atoms with E-state index >= 15 is 0 Å². The van der Waals surface area contributed by atoms with Gasteiger partial charge in [0.05, 0.1) is 10.0 Å². The van der Waals surface area contributed by atoms with Crippen LogP contribution in [0.15, 0.2) is 16.6 Å². The first-order chi connectivity index (χ1) is 6.54. The van der Waals surface area contributed by atoms with Crippen molar-refractivity contribution >= 4 is 33.8 Å². The molecule has 0 radical (unpaired) electrons. The Morgan fingerprint density at radius 1 is 1.50 bits per heavy atom. The molecule has 0 aliphatic carbocycles. The van der Waals surface area contributed by atoms with E-state index in [2.05, 4.69) is 20.7 Å². The van der Waals surface area contributed by atoms with E-state index in [-0.39, 0.29) is 20.8 Å². The summed E-state index contributed by atoms with van der Waals surface area (Å²) in [6, 6.07) is 2.61. The lowest BCUT2D eigenvalue weighted by Gasteiger charge is -2.09. The molecule has 1 aromatic carbocycles. The first kappa shape index (κ1) is 11.4. The fourth-order valence-electron chi connectivity index (χ4n) is 0.881. The largest absolute Gasteiger partial charge is 0.433 e. The fraction of sp³-hybridized carbons (Fsp3) is 0.125. The van der Waals surface area contributed by atoms with Crippen LogP contribution in [-0.2, 0) is 0 Å². The second kappa shape index (κ2) is 4.70. The van der Waals surface area contributed by atoms with Gasteiger partial charge in [-0.25, -0.2) is 0 Å². The molecular formula is C8H4BrClF2O2. The van der Waals surface area contributed by atoms with Crippen LogP contribution in [0.1, 0.15) is 10.4 Å². The highest BCUT2D eigenvalue weighted by molar-refractivity contribution is 9.10. The van der Waals surface area contributed by atoms with Gasteiger partial charge >= 0.3 is 6.61 Å². The van der Waals surface area contributed by atoms with E-state index in [1.165, 1.54) is 12.1 Å². The Balaban J connectivity index is 3.18. The quantitative estimate of drug-likeness (QED) is 0.794. The van der Waals surface area contributed by atoms with E-state index < -0.39 is 6.61 Å². The van der Waals surface area contributed by atoms with Gasteiger partial charge in [0, 0.05) is 5.02 Å². The van der Waals surface area contributed by atoms with Crippen LogP contribution in [0.25, 0.3) is 0 Å². The number of halogens is 4. The lowest BCUT2D eigenvalue weighted by molar-refractivity contribution is -0.0505. The molecule has 2 nitrogen and oxygen atoms in total. The molecule has 1 rings (SSSR count). The average Bonchev–Trinajstić information content (AvgIpc) is 2.08. The van der Waals surface area contributed by atoms with Crippen LogP contribution in [0.5, 0.6) is 5.75 Å². The average molecular weight is 285 g/mol. The molecule has 6 heteroatoms. The van der Waals surface area contributed by atoms with Gasteiger partial charge < -0.3 is 4.74 Å². The molecule has 0 aliphatic rings. The molecular weight excluding hydrogens is 281 g/mol. The van der Waals surface area contributed by atoms with Gasteiger partial charge in [0.15, 0.2) is 12.0 Å². The maximum absolute atomic E-state index is 11.9. The highest BCUT2D eigenvalue weighted by Crippen LogP contribution is 2.32. The normalized spacial score (nSPS) is 10.4. The maximum Gasteiger partial charge on any atom is 0.387 e. The van der Waals surface area contributed by atoms with Gasteiger partial charge in [0.25, 0.3) is 0 Å². The third-order valence-corrected chi connectivity index (χ3v) is 2.18. The summed E-state index contributed by atoms with van der Waals surface area (Å²) >= 11 is 8.57. The topological polar surface area (TPSA) is 26.3 Å². The molecule has 0 aliphatic heterocycles. The Kier molecular flexibility index (Phi) is 3.83. The Hall–Kier alpha value is -0.680. The van der Waals surface area contributed by atoms with Crippen LogP contribution in [0.4, 0.5) is 8.78 Å². The van der Waals surface area contributed by atoms with Gasteiger partial charge in [-0.1, -0.05) is 11.6 Å². The van der Waals surface area contributed by atoms with Crippen molar-refractivity contribution in [3.63, 3.8) is 0 Å². The Morgan fingerprint density at radius 3 is 2.64 bits per heavy atom. The maximum atomic E-state index is 11.9. The minimum atomic E-state index is -2.98. The van der Waals surface area contributed by atoms with E-state index in [9.17, 15) is 13.6 Å². The SMILES string of the molecule is O=Cc1cc(Cl)cc(Br)c1OC(F)F. The van der Waals surface area contributed by atoms with Crippen molar-refractivity contribution in [1.82, 2.24) is 0 Å². The van der Waals surface area contributed by atoms with E-state index in [1.807, 2.05) is 0 Å². The second-order valence-corrected chi connectivity index (χ2v) is 3.59. The zero-order chi connectivity index (χ0) is 10.7. The van der Waals surface area contributed by atoms with Crippen LogP contribution in [-0.4, -0.2) is 12.9 Å². The molecule has 0 heterocycles. The van der Waals surface area contributed by atoms with Crippen molar-refractivity contribution in [2.75, 3.05) is 0 Å². The van der Waals surface area contributed by atoms with Gasteiger partial charge in [0.1, 0.15) is 0 Å². The molecule has 0 N–H and O–H groups in total. The first-order valence-corrected chi connectivity index (χ1v) is 4.60. The minimum absolute atomic E-state index is 0.0234. The highest BCUT2D eigenvalue weighted by atomic mass is 79.9. The molecule has 0 saturated carbocycles. The highest BCUT2D eigenvalue weighted by Gasteiger charge is 2.14. The number of aldehydes is 1. The summed E-state index contributed by atoms with van der Waals surface area (Å²) in [6.07, 6.45) is 0.397. The summed E-state index contributed by atoms with van der Waals surface area (Å²) in [5.74, 6) is -0.209.